The highest BCUT2D eigenvalue weighted by Gasteiger charge is 2.12. The second-order valence-electron chi connectivity index (χ2n) is 7.71. The largest absolute Gasteiger partial charge is 0.265 e. The first-order valence-electron chi connectivity index (χ1n) is 9.19. The monoisotopic (exact) mass is 591 g/mol. The van der Waals surface area contributed by atoms with Crippen molar-refractivity contribution in [2.24, 2.45) is 0 Å². The lowest BCUT2D eigenvalue weighted by atomic mass is 9.87. The van der Waals surface area contributed by atoms with E-state index < -0.39 is 0 Å². The topological polar surface area (TPSA) is 12.9 Å². The summed E-state index contributed by atoms with van der Waals surface area (Å²) in [4.78, 5) is 4.06. The molecule has 0 radical (unpaired) electrons. The van der Waals surface area contributed by atoms with Gasteiger partial charge in [-0.2, -0.15) is 0 Å². The van der Waals surface area contributed by atoms with Gasteiger partial charge in [-0.15, -0.1) is 0 Å². The second kappa shape index (κ2) is 9.35. The van der Waals surface area contributed by atoms with E-state index in [1.54, 1.807) is 0 Å². The molecule has 0 N–H and O–H groups in total. The maximum absolute atomic E-state index is 4.06. The molecular formula is C25H23I2N. The molecule has 28 heavy (non-hydrogen) atoms. The highest BCUT2D eigenvalue weighted by Crippen LogP contribution is 2.25. The van der Waals surface area contributed by atoms with E-state index in [1.165, 1.54) is 29.4 Å². The first kappa shape index (κ1) is 21.2. The molecule has 1 nitrogen and oxygen atoms in total. The molecular weight excluding hydrogens is 568 g/mol. The van der Waals surface area contributed by atoms with Gasteiger partial charge in [0.05, 0.1) is 0 Å². The molecule has 0 aliphatic carbocycles. The third kappa shape index (κ3) is 5.77. The Hall–Kier alpha value is -1.47. The molecule has 1 heterocycles. The summed E-state index contributed by atoms with van der Waals surface area (Å²) in [7, 11) is 0. The zero-order chi connectivity index (χ0) is 20.1. The van der Waals surface area contributed by atoms with Crippen molar-refractivity contribution in [3.8, 4) is 0 Å². The van der Waals surface area contributed by atoms with Gasteiger partial charge in [0.2, 0.25) is 0 Å². The maximum Gasteiger partial charge on any atom is 0.0273 e. The summed E-state index contributed by atoms with van der Waals surface area (Å²) in [6.07, 6.45) is 12.3. The van der Waals surface area contributed by atoms with E-state index in [0.717, 1.165) is 5.56 Å². The maximum atomic E-state index is 4.06. The van der Waals surface area contributed by atoms with Crippen molar-refractivity contribution in [3.05, 3.63) is 95.9 Å². The van der Waals surface area contributed by atoms with E-state index in [9.17, 15) is 0 Å². The molecule has 3 aromatic rings. The van der Waals surface area contributed by atoms with Crippen LogP contribution in [0.4, 0.5) is 0 Å². The van der Waals surface area contributed by atoms with Crippen molar-refractivity contribution in [2.45, 2.75) is 26.2 Å². The first-order chi connectivity index (χ1) is 13.3. The lowest BCUT2D eigenvalue weighted by Crippen LogP contribution is -2.10. The first-order valence-corrected chi connectivity index (χ1v) is 11.3. The van der Waals surface area contributed by atoms with Crippen LogP contribution in [0.5, 0.6) is 0 Å². The van der Waals surface area contributed by atoms with Crippen LogP contribution in [0.25, 0.3) is 24.3 Å². The molecule has 0 saturated carbocycles. The third-order valence-electron chi connectivity index (χ3n) is 4.51. The van der Waals surface area contributed by atoms with Gasteiger partial charge in [-0.1, -0.05) is 69.3 Å². The molecule has 1 aromatic heterocycles. The van der Waals surface area contributed by atoms with Crippen molar-refractivity contribution in [3.63, 3.8) is 0 Å². The fraction of sp³-hybridized carbons (Fsp3) is 0.160. The van der Waals surface area contributed by atoms with Crippen molar-refractivity contribution in [1.29, 1.82) is 0 Å². The normalized spacial score (nSPS) is 12.2. The van der Waals surface area contributed by atoms with Crippen LogP contribution < -0.4 is 0 Å². The van der Waals surface area contributed by atoms with E-state index >= 15 is 0 Å². The number of nitrogens with zero attached hydrogens (tertiary/aromatic N) is 1. The number of pyridine rings is 1. The Labute approximate surface area is 195 Å². The Kier molecular flexibility index (Phi) is 7.10. The number of halogens is 2. The Morgan fingerprint density at radius 3 is 1.61 bits per heavy atom. The minimum Gasteiger partial charge on any atom is -0.265 e. The van der Waals surface area contributed by atoms with Crippen LogP contribution in [-0.2, 0) is 5.41 Å². The van der Waals surface area contributed by atoms with Gasteiger partial charge in [0.15, 0.2) is 0 Å². The molecule has 0 saturated heterocycles. The summed E-state index contributed by atoms with van der Waals surface area (Å²) in [5, 5.41) is 0. The number of aromatic nitrogens is 1. The van der Waals surface area contributed by atoms with Crippen LogP contribution in [-0.4, -0.2) is 4.98 Å². The second-order valence-corrected chi connectivity index (χ2v) is 10.0. The lowest BCUT2D eigenvalue weighted by Gasteiger charge is -2.18. The van der Waals surface area contributed by atoms with E-state index in [2.05, 4.69) is 132 Å². The van der Waals surface area contributed by atoms with Crippen LogP contribution in [0, 0.1) is 7.14 Å². The number of benzene rings is 2. The molecule has 0 bridgehead atoms. The SMILES string of the molecule is CC(C)(C)c1ccc(/C=C/c2cc(I)c(/C=C/c3ccncc3)cc2I)cc1. The molecule has 142 valence electrons. The smallest absolute Gasteiger partial charge is 0.0273 e. The van der Waals surface area contributed by atoms with Crippen LogP contribution in [0.2, 0.25) is 0 Å². The summed E-state index contributed by atoms with van der Waals surface area (Å²) >= 11 is 4.83. The van der Waals surface area contributed by atoms with E-state index in [0.29, 0.717) is 0 Å². The fourth-order valence-corrected chi connectivity index (χ4v) is 4.12. The lowest BCUT2D eigenvalue weighted by molar-refractivity contribution is 0.590. The molecule has 0 atom stereocenters. The number of rotatable bonds is 4. The summed E-state index contributed by atoms with van der Waals surface area (Å²) in [6, 6.07) is 17.3. The van der Waals surface area contributed by atoms with Crippen molar-refractivity contribution in [1.82, 2.24) is 4.98 Å². The van der Waals surface area contributed by atoms with E-state index in [-0.39, 0.29) is 5.41 Å². The zero-order valence-corrected chi connectivity index (χ0v) is 20.6. The van der Waals surface area contributed by atoms with Gasteiger partial charge < -0.3 is 0 Å². The predicted octanol–water partition coefficient (Wildman–Crippen LogP) is 7.93. The molecule has 0 spiro atoms. The van der Waals surface area contributed by atoms with Crippen molar-refractivity contribution in [2.75, 3.05) is 0 Å². The van der Waals surface area contributed by atoms with Crippen LogP contribution in [0.3, 0.4) is 0 Å². The third-order valence-corrected chi connectivity index (χ3v) is 6.38. The Balaban J connectivity index is 1.79. The molecule has 3 heteroatoms. The summed E-state index contributed by atoms with van der Waals surface area (Å²) < 4.78 is 2.49. The van der Waals surface area contributed by atoms with Gasteiger partial charge in [0.25, 0.3) is 0 Å². The number of hydrogen-bond acceptors (Lipinski definition) is 1. The van der Waals surface area contributed by atoms with Gasteiger partial charge in [-0.3, -0.25) is 4.98 Å². The van der Waals surface area contributed by atoms with Gasteiger partial charge in [-0.05, 0) is 103 Å². The average Bonchev–Trinajstić information content (AvgIpc) is 2.67. The molecule has 3 rings (SSSR count). The quantitative estimate of drug-likeness (QED) is 0.222. The Morgan fingerprint density at radius 1 is 0.679 bits per heavy atom. The Bertz CT molecular complexity index is 995. The van der Waals surface area contributed by atoms with Gasteiger partial charge >= 0.3 is 0 Å². The molecule has 0 aliphatic rings. The van der Waals surface area contributed by atoms with Crippen molar-refractivity contribution < 1.29 is 0 Å². The Morgan fingerprint density at radius 2 is 1.14 bits per heavy atom. The van der Waals surface area contributed by atoms with E-state index in [1.807, 2.05) is 24.5 Å². The standard InChI is InChI=1S/C25H23I2N/c1-25(2,3)22-10-6-18(7-11-22)4-8-20-16-24(27)21(17-23(20)26)9-5-19-12-14-28-15-13-19/h4-17H,1-3H3/b8-4+,9-5+. The molecule has 0 amide bonds. The zero-order valence-electron chi connectivity index (χ0n) is 16.3. The highest BCUT2D eigenvalue weighted by atomic mass is 127. The van der Waals surface area contributed by atoms with Crippen LogP contribution >= 0.6 is 45.2 Å². The predicted molar refractivity (Wildman–Crippen MR) is 139 cm³/mol. The minimum atomic E-state index is 0.188. The summed E-state index contributed by atoms with van der Waals surface area (Å²) in [6.45, 7) is 6.73. The van der Waals surface area contributed by atoms with Gasteiger partial charge in [0.1, 0.15) is 0 Å². The summed E-state index contributed by atoms with van der Waals surface area (Å²) in [5.74, 6) is 0. The van der Waals surface area contributed by atoms with E-state index in [4.69, 9.17) is 0 Å². The van der Waals surface area contributed by atoms with Crippen molar-refractivity contribution >= 4 is 69.5 Å². The number of hydrogen-bond donors (Lipinski definition) is 0. The molecule has 0 fully saturated rings. The minimum absolute atomic E-state index is 0.188. The van der Waals surface area contributed by atoms with Gasteiger partial charge in [-0.25, -0.2) is 0 Å². The molecule has 2 aromatic carbocycles. The molecule has 0 unspecified atom stereocenters. The molecule has 0 aliphatic heterocycles. The van der Waals surface area contributed by atoms with Crippen LogP contribution in [0.15, 0.2) is 60.9 Å². The van der Waals surface area contributed by atoms with Crippen LogP contribution in [0.1, 0.15) is 48.6 Å². The highest BCUT2D eigenvalue weighted by molar-refractivity contribution is 14.1. The average molecular weight is 591 g/mol. The summed E-state index contributed by atoms with van der Waals surface area (Å²) in [5.41, 5.74) is 6.40. The van der Waals surface area contributed by atoms with Gasteiger partial charge in [0, 0.05) is 19.5 Å². The fourth-order valence-electron chi connectivity index (χ4n) is 2.77.